The van der Waals surface area contributed by atoms with Gasteiger partial charge in [0.05, 0.1) is 24.2 Å². The Balaban J connectivity index is 1.76. The van der Waals surface area contributed by atoms with E-state index < -0.39 is 0 Å². The van der Waals surface area contributed by atoms with E-state index in [0.29, 0.717) is 0 Å². The smallest absolute Gasteiger partial charge is 0.0926 e. The molecule has 0 unspecified atom stereocenters. The van der Waals surface area contributed by atoms with E-state index in [2.05, 4.69) is 36.4 Å². The molecule has 2 aliphatic rings. The molecule has 80 valence electrons. The summed E-state index contributed by atoms with van der Waals surface area (Å²) in [4.78, 5) is 0. The van der Waals surface area contributed by atoms with E-state index in [9.17, 15) is 0 Å². The molecule has 0 aromatic heterocycles. The maximum atomic E-state index is 8.90. The molecule has 0 amide bonds. The molecule has 1 aromatic carbocycles. The van der Waals surface area contributed by atoms with E-state index in [-0.39, 0.29) is 18.1 Å². The molecule has 0 N–H and O–H groups in total. The van der Waals surface area contributed by atoms with Crippen LogP contribution in [0.3, 0.4) is 0 Å². The lowest BCUT2D eigenvalue weighted by molar-refractivity contribution is 0.109. The van der Waals surface area contributed by atoms with Crippen molar-refractivity contribution in [2.24, 2.45) is 5.92 Å². The van der Waals surface area contributed by atoms with Crippen LogP contribution in [0.5, 0.6) is 0 Å². The Bertz CT molecular complexity index is 457. The first kappa shape index (κ1) is 9.62. The maximum Gasteiger partial charge on any atom is 0.0926 e. The second-order valence-electron chi connectivity index (χ2n) is 4.46. The van der Waals surface area contributed by atoms with Crippen LogP contribution < -0.4 is 0 Å². The lowest BCUT2D eigenvalue weighted by atomic mass is 9.88. The number of rotatable bonds is 2. The molecule has 0 spiro atoms. The van der Waals surface area contributed by atoms with Crippen molar-refractivity contribution < 1.29 is 4.74 Å². The van der Waals surface area contributed by atoms with E-state index in [1.807, 2.05) is 6.07 Å². The zero-order chi connectivity index (χ0) is 11.0. The van der Waals surface area contributed by atoms with Gasteiger partial charge in [0.2, 0.25) is 0 Å². The average Bonchev–Trinajstić information content (AvgIpc) is 2.89. The zero-order valence-corrected chi connectivity index (χ0v) is 8.97. The SMILES string of the molecule is N#C[C@@H]1C[C@@H]2O[C@H]1C=C2Cc1ccccc1. The summed E-state index contributed by atoms with van der Waals surface area (Å²) >= 11 is 0. The molecule has 16 heavy (non-hydrogen) atoms. The van der Waals surface area contributed by atoms with Crippen molar-refractivity contribution in [3.63, 3.8) is 0 Å². The lowest BCUT2D eigenvalue weighted by Crippen LogP contribution is -2.13. The Kier molecular flexibility index (Phi) is 2.27. The van der Waals surface area contributed by atoms with Crippen molar-refractivity contribution in [1.82, 2.24) is 0 Å². The highest BCUT2D eigenvalue weighted by Gasteiger charge is 2.41. The number of hydrogen-bond acceptors (Lipinski definition) is 2. The van der Waals surface area contributed by atoms with Gasteiger partial charge in [-0.15, -0.1) is 0 Å². The van der Waals surface area contributed by atoms with Crippen molar-refractivity contribution in [2.75, 3.05) is 0 Å². The standard InChI is InChI=1S/C14H13NO/c15-9-12-8-13-11(7-14(12)16-13)6-10-4-2-1-3-5-10/h1-5,7,12-14H,6,8H2/t12-,13-,14-/m0/s1. The summed E-state index contributed by atoms with van der Waals surface area (Å²) in [7, 11) is 0. The predicted octanol–water partition coefficient (Wildman–Crippen LogP) is 2.47. The van der Waals surface area contributed by atoms with Gasteiger partial charge in [-0.05, 0) is 24.0 Å². The quantitative estimate of drug-likeness (QED) is 0.704. The van der Waals surface area contributed by atoms with Crippen LogP contribution in [-0.4, -0.2) is 12.2 Å². The molecular weight excluding hydrogens is 198 g/mol. The van der Waals surface area contributed by atoms with Gasteiger partial charge in [0.1, 0.15) is 0 Å². The molecule has 2 bridgehead atoms. The maximum absolute atomic E-state index is 8.90. The van der Waals surface area contributed by atoms with Crippen molar-refractivity contribution in [2.45, 2.75) is 25.0 Å². The molecule has 2 aliphatic heterocycles. The second kappa shape index (κ2) is 3.77. The average molecular weight is 211 g/mol. The van der Waals surface area contributed by atoms with Crippen LogP contribution in [-0.2, 0) is 11.2 Å². The van der Waals surface area contributed by atoms with E-state index in [1.54, 1.807) is 0 Å². The summed E-state index contributed by atoms with van der Waals surface area (Å²) in [6.45, 7) is 0. The number of nitrogens with zero attached hydrogens (tertiary/aromatic N) is 1. The van der Waals surface area contributed by atoms with Gasteiger partial charge >= 0.3 is 0 Å². The molecule has 2 heteroatoms. The number of benzene rings is 1. The van der Waals surface area contributed by atoms with Crippen LogP contribution in [0.2, 0.25) is 0 Å². The molecular formula is C14H13NO. The Morgan fingerprint density at radius 1 is 1.31 bits per heavy atom. The van der Waals surface area contributed by atoms with Crippen molar-refractivity contribution >= 4 is 0 Å². The lowest BCUT2D eigenvalue weighted by Gasteiger charge is -2.12. The first-order valence-electron chi connectivity index (χ1n) is 5.66. The second-order valence-corrected chi connectivity index (χ2v) is 4.46. The highest BCUT2D eigenvalue weighted by molar-refractivity contribution is 5.31. The molecule has 0 aliphatic carbocycles. The first-order valence-corrected chi connectivity index (χ1v) is 5.66. The zero-order valence-electron chi connectivity index (χ0n) is 8.97. The van der Waals surface area contributed by atoms with Gasteiger partial charge in [-0.25, -0.2) is 0 Å². The monoisotopic (exact) mass is 211 g/mol. The van der Waals surface area contributed by atoms with Crippen LogP contribution >= 0.6 is 0 Å². The van der Waals surface area contributed by atoms with Gasteiger partial charge in [-0.3, -0.25) is 0 Å². The minimum Gasteiger partial charge on any atom is -0.365 e. The first-order chi connectivity index (χ1) is 7.86. The number of hydrogen-bond donors (Lipinski definition) is 0. The van der Waals surface area contributed by atoms with Crippen LogP contribution in [0.1, 0.15) is 12.0 Å². The van der Waals surface area contributed by atoms with Crippen LogP contribution in [0, 0.1) is 17.2 Å². The third kappa shape index (κ3) is 1.54. The molecule has 2 heterocycles. The van der Waals surface area contributed by atoms with E-state index >= 15 is 0 Å². The fourth-order valence-electron chi connectivity index (χ4n) is 2.55. The summed E-state index contributed by atoms with van der Waals surface area (Å²) in [5.41, 5.74) is 2.67. The summed E-state index contributed by atoms with van der Waals surface area (Å²) in [6, 6.07) is 12.7. The van der Waals surface area contributed by atoms with Crippen molar-refractivity contribution in [3.8, 4) is 6.07 Å². The largest absolute Gasteiger partial charge is 0.365 e. The van der Waals surface area contributed by atoms with E-state index in [0.717, 1.165) is 12.8 Å². The van der Waals surface area contributed by atoms with Crippen LogP contribution in [0.15, 0.2) is 42.0 Å². The number of nitriles is 1. The minimum absolute atomic E-state index is 0.0497. The molecule has 1 fully saturated rings. The molecule has 3 rings (SSSR count). The van der Waals surface area contributed by atoms with Gasteiger partial charge in [0.25, 0.3) is 0 Å². The molecule has 2 nitrogen and oxygen atoms in total. The Hall–Kier alpha value is -1.59. The highest BCUT2D eigenvalue weighted by atomic mass is 16.5. The summed E-state index contributed by atoms with van der Waals surface area (Å²) in [6.07, 6.45) is 4.22. The normalized spacial score (nSPS) is 31.2. The summed E-state index contributed by atoms with van der Waals surface area (Å²) < 4.78 is 5.75. The molecule has 1 saturated heterocycles. The van der Waals surface area contributed by atoms with E-state index in [4.69, 9.17) is 10.00 Å². The van der Waals surface area contributed by atoms with Gasteiger partial charge in [0.15, 0.2) is 0 Å². The minimum atomic E-state index is 0.0497. The summed E-state index contributed by atoms with van der Waals surface area (Å²) in [5.74, 6) is 0.0736. The molecule has 0 radical (unpaired) electrons. The number of ether oxygens (including phenoxy) is 1. The van der Waals surface area contributed by atoms with Gasteiger partial charge in [0, 0.05) is 0 Å². The Morgan fingerprint density at radius 3 is 2.75 bits per heavy atom. The van der Waals surface area contributed by atoms with Gasteiger partial charge in [-0.2, -0.15) is 5.26 Å². The highest BCUT2D eigenvalue weighted by Crippen LogP contribution is 2.38. The Morgan fingerprint density at radius 2 is 2.12 bits per heavy atom. The van der Waals surface area contributed by atoms with Crippen molar-refractivity contribution in [3.05, 3.63) is 47.5 Å². The third-order valence-electron chi connectivity index (χ3n) is 3.39. The molecule has 1 aromatic rings. The topological polar surface area (TPSA) is 33.0 Å². The fourth-order valence-corrected chi connectivity index (χ4v) is 2.55. The van der Waals surface area contributed by atoms with E-state index in [1.165, 1.54) is 11.1 Å². The molecule has 0 saturated carbocycles. The summed E-state index contributed by atoms with van der Waals surface area (Å²) in [5, 5.41) is 8.90. The van der Waals surface area contributed by atoms with Gasteiger partial charge in [-0.1, -0.05) is 36.4 Å². The molecule has 3 atom stereocenters. The number of fused-ring (bicyclic) bond motifs is 2. The Labute approximate surface area is 95.2 Å². The predicted molar refractivity (Wildman–Crippen MR) is 60.6 cm³/mol. The van der Waals surface area contributed by atoms with Crippen molar-refractivity contribution in [1.29, 1.82) is 5.26 Å². The van der Waals surface area contributed by atoms with Crippen LogP contribution in [0.25, 0.3) is 0 Å². The van der Waals surface area contributed by atoms with Gasteiger partial charge < -0.3 is 4.74 Å². The van der Waals surface area contributed by atoms with Crippen LogP contribution in [0.4, 0.5) is 0 Å². The fraction of sp³-hybridized carbons (Fsp3) is 0.357. The third-order valence-corrected chi connectivity index (χ3v) is 3.39.